The van der Waals surface area contributed by atoms with Gasteiger partial charge in [0.25, 0.3) is 0 Å². The highest BCUT2D eigenvalue weighted by Gasteiger charge is 2.12. The molecule has 1 aromatic carbocycles. The van der Waals surface area contributed by atoms with Crippen molar-refractivity contribution in [2.75, 3.05) is 40.0 Å². The van der Waals surface area contributed by atoms with Gasteiger partial charge < -0.3 is 14.8 Å². The Labute approximate surface area is 120 Å². The molecular formula is C13H22N2O4S. The molecule has 0 saturated heterocycles. The number of benzene rings is 1. The van der Waals surface area contributed by atoms with E-state index in [9.17, 15) is 8.42 Å². The van der Waals surface area contributed by atoms with E-state index in [1.54, 1.807) is 12.1 Å². The standard InChI is InChI=1S/C13H22N2O4S/c1-3-14-8-11-19-12-4-6-13(7-5-12)20(16,17)15-9-10-18-2/h4-7,14-15H,3,8-11H2,1-2H3. The summed E-state index contributed by atoms with van der Waals surface area (Å²) < 4.78 is 36.5. The predicted molar refractivity (Wildman–Crippen MR) is 77.5 cm³/mol. The molecule has 0 aliphatic carbocycles. The summed E-state index contributed by atoms with van der Waals surface area (Å²) in [6.07, 6.45) is 0. The number of nitrogens with one attached hydrogen (secondary N) is 2. The van der Waals surface area contributed by atoms with E-state index in [1.807, 2.05) is 6.92 Å². The Morgan fingerprint density at radius 2 is 1.80 bits per heavy atom. The van der Waals surface area contributed by atoms with Crippen LogP contribution in [0.2, 0.25) is 0 Å². The number of sulfonamides is 1. The third-order valence-corrected chi connectivity index (χ3v) is 4.01. The van der Waals surface area contributed by atoms with Crippen LogP contribution in [0.4, 0.5) is 0 Å². The van der Waals surface area contributed by atoms with Crippen molar-refractivity contribution in [3.8, 4) is 5.75 Å². The third kappa shape index (κ3) is 5.87. The van der Waals surface area contributed by atoms with Gasteiger partial charge in [-0.2, -0.15) is 0 Å². The maximum atomic E-state index is 11.9. The molecule has 6 nitrogen and oxygen atoms in total. The Morgan fingerprint density at radius 1 is 1.10 bits per heavy atom. The van der Waals surface area contributed by atoms with Crippen molar-refractivity contribution < 1.29 is 17.9 Å². The topological polar surface area (TPSA) is 76.7 Å². The maximum absolute atomic E-state index is 11.9. The van der Waals surface area contributed by atoms with E-state index in [1.165, 1.54) is 19.2 Å². The van der Waals surface area contributed by atoms with E-state index in [-0.39, 0.29) is 11.4 Å². The van der Waals surface area contributed by atoms with Crippen molar-refractivity contribution in [1.82, 2.24) is 10.0 Å². The SMILES string of the molecule is CCNCCOc1ccc(S(=O)(=O)NCCOC)cc1. The Morgan fingerprint density at radius 3 is 2.40 bits per heavy atom. The summed E-state index contributed by atoms with van der Waals surface area (Å²) in [7, 11) is -1.95. The van der Waals surface area contributed by atoms with Crippen molar-refractivity contribution in [1.29, 1.82) is 0 Å². The van der Waals surface area contributed by atoms with Crippen LogP contribution >= 0.6 is 0 Å². The van der Waals surface area contributed by atoms with Crippen LogP contribution in [0.1, 0.15) is 6.92 Å². The minimum absolute atomic E-state index is 0.215. The molecule has 2 N–H and O–H groups in total. The number of hydrogen-bond donors (Lipinski definition) is 2. The van der Waals surface area contributed by atoms with Gasteiger partial charge in [0.2, 0.25) is 10.0 Å². The summed E-state index contributed by atoms with van der Waals surface area (Å²) in [6, 6.07) is 6.35. The Kier molecular flexibility index (Phi) is 7.53. The molecule has 20 heavy (non-hydrogen) atoms. The lowest BCUT2D eigenvalue weighted by Gasteiger charge is -2.09. The van der Waals surface area contributed by atoms with Crippen LogP contribution in [-0.2, 0) is 14.8 Å². The fraction of sp³-hybridized carbons (Fsp3) is 0.538. The molecule has 0 heterocycles. The first-order valence-corrected chi connectivity index (χ1v) is 8.00. The second kappa shape index (κ2) is 8.91. The van der Waals surface area contributed by atoms with Crippen molar-refractivity contribution in [2.24, 2.45) is 0 Å². The zero-order chi connectivity index (χ0) is 14.8. The second-order valence-corrected chi connectivity index (χ2v) is 5.83. The van der Waals surface area contributed by atoms with Gasteiger partial charge in [-0.15, -0.1) is 0 Å². The van der Waals surface area contributed by atoms with E-state index < -0.39 is 10.0 Å². The lowest BCUT2D eigenvalue weighted by atomic mass is 10.3. The Bertz CT molecular complexity index is 474. The molecule has 7 heteroatoms. The first kappa shape index (κ1) is 16.9. The van der Waals surface area contributed by atoms with Crippen molar-refractivity contribution in [3.63, 3.8) is 0 Å². The molecule has 0 atom stereocenters. The summed E-state index contributed by atoms with van der Waals surface area (Å²) >= 11 is 0. The summed E-state index contributed by atoms with van der Waals surface area (Å²) in [5.74, 6) is 0.652. The lowest BCUT2D eigenvalue weighted by molar-refractivity contribution is 0.204. The van der Waals surface area contributed by atoms with Crippen LogP contribution in [0.25, 0.3) is 0 Å². The molecular weight excluding hydrogens is 280 g/mol. The molecule has 1 aromatic rings. The molecule has 0 saturated carbocycles. The lowest BCUT2D eigenvalue weighted by Crippen LogP contribution is -2.27. The van der Waals surface area contributed by atoms with Gasteiger partial charge in [0.15, 0.2) is 0 Å². The zero-order valence-electron chi connectivity index (χ0n) is 11.9. The summed E-state index contributed by atoms with van der Waals surface area (Å²) in [5, 5.41) is 3.14. The molecule has 0 fully saturated rings. The number of methoxy groups -OCH3 is 1. The average molecular weight is 302 g/mol. The number of hydrogen-bond acceptors (Lipinski definition) is 5. The van der Waals surface area contributed by atoms with Crippen LogP contribution < -0.4 is 14.8 Å². The molecule has 0 aromatic heterocycles. The molecule has 0 aliphatic rings. The maximum Gasteiger partial charge on any atom is 0.240 e. The molecule has 114 valence electrons. The van der Waals surface area contributed by atoms with E-state index >= 15 is 0 Å². The number of rotatable bonds is 10. The van der Waals surface area contributed by atoms with Crippen molar-refractivity contribution in [3.05, 3.63) is 24.3 Å². The van der Waals surface area contributed by atoms with Crippen LogP contribution in [0.3, 0.4) is 0 Å². The highest BCUT2D eigenvalue weighted by atomic mass is 32.2. The summed E-state index contributed by atoms with van der Waals surface area (Å²) in [6.45, 7) is 4.82. The van der Waals surface area contributed by atoms with Crippen molar-refractivity contribution >= 4 is 10.0 Å². The average Bonchev–Trinajstić information content (AvgIpc) is 2.44. The number of likely N-dealkylation sites (N-methyl/N-ethyl adjacent to an activating group) is 1. The molecule has 0 bridgehead atoms. The quantitative estimate of drug-likeness (QED) is 0.619. The summed E-state index contributed by atoms with van der Waals surface area (Å²) in [4.78, 5) is 0.215. The Hall–Kier alpha value is -1.15. The highest BCUT2D eigenvalue weighted by Crippen LogP contribution is 2.15. The number of ether oxygens (including phenoxy) is 2. The first-order valence-electron chi connectivity index (χ1n) is 6.52. The van der Waals surface area contributed by atoms with Gasteiger partial charge in [0.1, 0.15) is 12.4 Å². The van der Waals surface area contributed by atoms with Gasteiger partial charge >= 0.3 is 0 Å². The fourth-order valence-corrected chi connectivity index (χ4v) is 2.51. The zero-order valence-corrected chi connectivity index (χ0v) is 12.7. The van der Waals surface area contributed by atoms with E-state index in [0.717, 1.165) is 13.1 Å². The van der Waals surface area contributed by atoms with Gasteiger partial charge in [-0.1, -0.05) is 6.92 Å². The van der Waals surface area contributed by atoms with Gasteiger partial charge in [-0.25, -0.2) is 13.1 Å². The third-order valence-electron chi connectivity index (χ3n) is 2.53. The van der Waals surface area contributed by atoms with Crippen LogP contribution in [0.15, 0.2) is 29.2 Å². The van der Waals surface area contributed by atoms with E-state index in [0.29, 0.717) is 19.0 Å². The summed E-state index contributed by atoms with van der Waals surface area (Å²) in [5.41, 5.74) is 0. The molecule has 0 aliphatic heterocycles. The normalized spacial score (nSPS) is 11.5. The predicted octanol–water partition coefficient (Wildman–Crippen LogP) is 0.600. The van der Waals surface area contributed by atoms with Gasteiger partial charge in [0, 0.05) is 20.2 Å². The minimum Gasteiger partial charge on any atom is -0.492 e. The minimum atomic E-state index is -3.48. The molecule has 0 unspecified atom stereocenters. The molecule has 0 spiro atoms. The second-order valence-electron chi connectivity index (χ2n) is 4.06. The van der Waals surface area contributed by atoms with Gasteiger partial charge in [-0.05, 0) is 30.8 Å². The first-order chi connectivity index (χ1) is 9.60. The van der Waals surface area contributed by atoms with Crippen molar-refractivity contribution in [2.45, 2.75) is 11.8 Å². The monoisotopic (exact) mass is 302 g/mol. The highest BCUT2D eigenvalue weighted by molar-refractivity contribution is 7.89. The smallest absolute Gasteiger partial charge is 0.240 e. The van der Waals surface area contributed by atoms with E-state index in [2.05, 4.69) is 10.0 Å². The van der Waals surface area contributed by atoms with Crippen LogP contribution in [0.5, 0.6) is 5.75 Å². The molecule has 0 amide bonds. The fourth-order valence-electron chi connectivity index (χ4n) is 1.49. The van der Waals surface area contributed by atoms with Gasteiger partial charge in [0.05, 0.1) is 11.5 Å². The molecule has 0 radical (unpaired) electrons. The molecule has 1 rings (SSSR count). The largest absolute Gasteiger partial charge is 0.492 e. The van der Waals surface area contributed by atoms with E-state index in [4.69, 9.17) is 9.47 Å². The van der Waals surface area contributed by atoms with Crippen LogP contribution in [0, 0.1) is 0 Å². The van der Waals surface area contributed by atoms with Gasteiger partial charge in [-0.3, -0.25) is 0 Å². The Balaban J connectivity index is 2.52. The van der Waals surface area contributed by atoms with Crippen LogP contribution in [-0.4, -0.2) is 48.4 Å².